The Labute approximate surface area is 230 Å². The van der Waals surface area contributed by atoms with E-state index in [0.717, 1.165) is 6.42 Å². The van der Waals surface area contributed by atoms with Crippen LogP contribution in [0.1, 0.15) is 88.8 Å². The van der Waals surface area contributed by atoms with Crippen LogP contribution in [0.25, 0.3) is 0 Å². The topological polar surface area (TPSA) is 0 Å². The molecule has 3 aromatic rings. The molecule has 0 atom stereocenters. The van der Waals surface area contributed by atoms with Gasteiger partial charge in [-0.2, -0.15) is 0 Å². The number of benzene rings is 3. The third-order valence-corrected chi connectivity index (χ3v) is 18.3. The number of halogens is 1. The predicted octanol–water partition coefficient (Wildman–Crippen LogP) is 11.1. The predicted molar refractivity (Wildman–Crippen MR) is 168 cm³/mol. The molecule has 3 aromatic carbocycles. The van der Waals surface area contributed by atoms with Gasteiger partial charge in [-0.15, -0.1) is 0 Å². The van der Waals surface area contributed by atoms with Crippen LogP contribution in [0.15, 0.2) is 91.0 Å². The van der Waals surface area contributed by atoms with Gasteiger partial charge in [-0.05, 0) is 0 Å². The van der Waals surface area contributed by atoms with Gasteiger partial charge >= 0.3 is 231 Å². The Balaban J connectivity index is 2.05. The van der Waals surface area contributed by atoms with Crippen LogP contribution in [0.2, 0.25) is 0 Å². The van der Waals surface area contributed by atoms with Crippen LogP contribution in [-0.2, 0) is 5.41 Å². The Morgan fingerprint density at radius 3 is 1.11 bits per heavy atom. The molecule has 196 valence electrons. The van der Waals surface area contributed by atoms with Crippen LogP contribution >= 0.6 is 20.8 Å². The summed E-state index contributed by atoms with van der Waals surface area (Å²) in [5.74, 6) is 0. The van der Waals surface area contributed by atoms with Gasteiger partial charge in [0.1, 0.15) is 0 Å². The number of hydrogen-bond acceptors (Lipinski definition) is 0. The second kappa shape index (κ2) is 13.9. The van der Waals surface area contributed by atoms with E-state index in [0.29, 0.717) is 0 Å². The van der Waals surface area contributed by atoms with E-state index in [4.69, 9.17) is 0 Å². The van der Waals surface area contributed by atoms with E-state index in [9.17, 15) is 0 Å². The van der Waals surface area contributed by atoms with E-state index < -0.39 is 5.31 Å². The minimum atomic E-state index is -1.95. The quantitative estimate of drug-likeness (QED) is 0.119. The van der Waals surface area contributed by atoms with E-state index in [2.05, 4.69) is 127 Å². The molecular weight excluding hydrogens is 519 g/mol. The fourth-order valence-electron chi connectivity index (χ4n) is 6.17. The molecular formula is C34H48BrP. The third-order valence-electron chi connectivity index (χ3n) is 8.28. The Kier molecular flexibility index (Phi) is 11.3. The molecule has 0 radical (unpaired) electrons. The van der Waals surface area contributed by atoms with Gasteiger partial charge in [-0.25, -0.2) is 0 Å². The standard InChI is InChI=1S/C34H48BrP/c1-4-7-27-36(35,28-8-5-2,29-9-6-3)30-19-26-34(31-20-13-10-14-21-31,32-22-15-11-16-23-32)33-24-17-12-18-25-33/h10-18,20-25H,4-9,19,26-30H2,1-3H3. The summed E-state index contributed by atoms with van der Waals surface area (Å²) in [5.41, 5.74) is 4.10. The second-order valence-corrected chi connectivity index (χ2v) is 22.3. The Morgan fingerprint density at radius 2 is 0.806 bits per heavy atom. The van der Waals surface area contributed by atoms with Crippen molar-refractivity contribution < 1.29 is 0 Å². The monoisotopic (exact) mass is 566 g/mol. The van der Waals surface area contributed by atoms with Crippen LogP contribution in [0.3, 0.4) is 0 Å². The Morgan fingerprint density at radius 1 is 0.500 bits per heavy atom. The van der Waals surface area contributed by atoms with Crippen LogP contribution in [-0.4, -0.2) is 24.6 Å². The summed E-state index contributed by atoms with van der Waals surface area (Å²) >= 11 is 4.66. The first-order chi connectivity index (χ1) is 17.5. The van der Waals surface area contributed by atoms with Crippen LogP contribution in [0.5, 0.6) is 0 Å². The molecule has 0 aliphatic heterocycles. The Hall–Kier alpha value is -1.43. The van der Waals surface area contributed by atoms with Crippen LogP contribution < -0.4 is 0 Å². The summed E-state index contributed by atoms with van der Waals surface area (Å²) < 4.78 is 0. The molecule has 0 unspecified atom stereocenters. The van der Waals surface area contributed by atoms with Crippen molar-refractivity contribution in [2.24, 2.45) is 0 Å². The fraction of sp³-hybridized carbons (Fsp3) is 0.471. The zero-order chi connectivity index (χ0) is 25.8. The summed E-state index contributed by atoms with van der Waals surface area (Å²) in [4.78, 5) is 0. The molecule has 2 heteroatoms. The van der Waals surface area contributed by atoms with E-state index >= 15 is 0 Å². The van der Waals surface area contributed by atoms with E-state index in [1.807, 2.05) is 0 Å². The average Bonchev–Trinajstić information content (AvgIpc) is 2.94. The summed E-state index contributed by atoms with van der Waals surface area (Å²) in [7, 11) is 0. The molecule has 0 saturated carbocycles. The molecule has 0 saturated heterocycles. The van der Waals surface area contributed by atoms with E-state index in [1.165, 1.54) is 86.3 Å². The van der Waals surface area contributed by atoms with Crippen LogP contribution in [0.4, 0.5) is 0 Å². The van der Waals surface area contributed by atoms with Gasteiger partial charge in [-0.1, -0.05) is 0 Å². The maximum absolute atomic E-state index is 4.66. The normalized spacial score (nSPS) is 13.3. The third kappa shape index (κ3) is 7.11. The molecule has 0 bridgehead atoms. The number of hydrogen-bond donors (Lipinski definition) is 0. The zero-order valence-corrected chi connectivity index (χ0v) is 25.5. The van der Waals surface area contributed by atoms with Crippen molar-refractivity contribution >= 4 is 20.8 Å². The summed E-state index contributed by atoms with van der Waals surface area (Å²) in [6.07, 6.45) is 16.0. The van der Waals surface area contributed by atoms with Crippen molar-refractivity contribution in [3.8, 4) is 0 Å². The van der Waals surface area contributed by atoms with Crippen molar-refractivity contribution in [1.29, 1.82) is 0 Å². The number of unbranched alkanes of at least 4 members (excludes halogenated alkanes) is 3. The second-order valence-electron chi connectivity index (χ2n) is 10.9. The molecule has 0 aliphatic carbocycles. The molecule has 3 rings (SSSR count). The molecule has 0 fully saturated rings. The van der Waals surface area contributed by atoms with Crippen molar-refractivity contribution in [2.45, 2.75) is 77.6 Å². The van der Waals surface area contributed by atoms with Gasteiger partial charge in [0.05, 0.1) is 0 Å². The fourth-order valence-corrected chi connectivity index (χ4v) is 14.8. The van der Waals surface area contributed by atoms with Gasteiger partial charge in [-0.3, -0.25) is 0 Å². The van der Waals surface area contributed by atoms with E-state index in [-0.39, 0.29) is 5.41 Å². The summed E-state index contributed by atoms with van der Waals surface area (Å²) in [6, 6.07) is 33.8. The molecule has 36 heavy (non-hydrogen) atoms. The van der Waals surface area contributed by atoms with Crippen molar-refractivity contribution in [1.82, 2.24) is 0 Å². The Bertz CT molecular complexity index is 878. The molecule has 0 aliphatic rings. The molecule has 0 amide bonds. The summed E-state index contributed by atoms with van der Waals surface area (Å²) in [5, 5.41) is -1.95. The van der Waals surface area contributed by atoms with Gasteiger partial charge in [0.25, 0.3) is 0 Å². The maximum atomic E-state index is 4.66. The first-order valence-corrected chi connectivity index (χ1v) is 19.4. The molecule has 0 aromatic heterocycles. The summed E-state index contributed by atoms with van der Waals surface area (Å²) in [6.45, 7) is 7.08. The van der Waals surface area contributed by atoms with Gasteiger partial charge in [0.15, 0.2) is 0 Å². The minimum absolute atomic E-state index is 0.133. The first-order valence-electron chi connectivity index (χ1n) is 14.4. The van der Waals surface area contributed by atoms with E-state index in [1.54, 1.807) is 0 Å². The number of rotatable bonds is 16. The molecule has 0 nitrogen and oxygen atoms in total. The first kappa shape index (κ1) is 29.1. The average molecular weight is 568 g/mol. The van der Waals surface area contributed by atoms with Gasteiger partial charge in [0.2, 0.25) is 0 Å². The van der Waals surface area contributed by atoms with Crippen molar-refractivity contribution in [3.05, 3.63) is 108 Å². The van der Waals surface area contributed by atoms with Gasteiger partial charge < -0.3 is 0 Å². The van der Waals surface area contributed by atoms with Crippen LogP contribution in [0, 0.1) is 0 Å². The molecule has 0 N–H and O–H groups in total. The molecule has 0 heterocycles. The zero-order valence-electron chi connectivity index (χ0n) is 23.0. The molecule has 0 spiro atoms. The van der Waals surface area contributed by atoms with Crippen molar-refractivity contribution in [2.75, 3.05) is 24.6 Å². The van der Waals surface area contributed by atoms with Crippen molar-refractivity contribution in [3.63, 3.8) is 0 Å². The van der Waals surface area contributed by atoms with Gasteiger partial charge in [0, 0.05) is 0 Å². The SMILES string of the molecule is CCCCP(Br)(CCCC)(CCCC)CCCC(c1ccccc1)(c1ccccc1)c1ccccc1.